The van der Waals surface area contributed by atoms with E-state index in [9.17, 15) is 19.8 Å². The predicted octanol–water partition coefficient (Wildman–Crippen LogP) is 2.86. The Balaban J connectivity index is 2.50. The van der Waals surface area contributed by atoms with Crippen molar-refractivity contribution in [1.82, 2.24) is 0 Å². The van der Waals surface area contributed by atoms with Crippen LogP contribution >= 0.6 is 0 Å². The van der Waals surface area contributed by atoms with Gasteiger partial charge in [0.1, 0.15) is 11.9 Å². The Hall–Kier alpha value is -1.90. The number of carboxylic acids is 1. The summed E-state index contributed by atoms with van der Waals surface area (Å²) in [5.41, 5.74) is 0. The first-order chi connectivity index (χ1) is 12.5. The van der Waals surface area contributed by atoms with Crippen molar-refractivity contribution in [1.29, 1.82) is 0 Å². The fourth-order valence-corrected chi connectivity index (χ4v) is 2.97. The summed E-state index contributed by atoms with van der Waals surface area (Å²) in [4.78, 5) is 22.5. The number of Topliss-reactive ketones (excluding diaryl/α,β-unsaturated/α-hetero) is 1. The lowest BCUT2D eigenvalue weighted by molar-refractivity contribution is -0.137. The van der Waals surface area contributed by atoms with Gasteiger partial charge in [0, 0.05) is 25.2 Å². The minimum absolute atomic E-state index is 0.00713. The second-order valence-electron chi connectivity index (χ2n) is 6.64. The molecule has 0 heterocycles. The number of aliphatic hydroxyl groups is 2. The van der Waals surface area contributed by atoms with Gasteiger partial charge in [-0.25, -0.2) is 0 Å². The zero-order valence-corrected chi connectivity index (χ0v) is 15.4. The van der Waals surface area contributed by atoms with Crippen molar-refractivity contribution in [2.24, 2.45) is 11.8 Å². The van der Waals surface area contributed by atoms with Gasteiger partial charge in [-0.1, -0.05) is 43.1 Å². The van der Waals surface area contributed by atoms with Crippen molar-refractivity contribution in [3.63, 3.8) is 0 Å². The minimum Gasteiger partial charge on any atom is -0.481 e. The van der Waals surface area contributed by atoms with Crippen molar-refractivity contribution < 1.29 is 24.9 Å². The molecule has 0 unspecified atom stereocenters. The number of carbonyl (C=O) groups excluding carboxylic acids is 1. The Morgan fingerprint density at radius 1 is 1.27 bits per heavy atom. The van der Waals surface area contributed by atoms with Crippen molar-refractivity contribution in [3.8, 4) is 11.8 Å². The molecule has 3 N–H and O–H groups in total. The van der Waals surface area contributed by atoms with Gasteiger partial charge in [0.2, 0.25) is 0 Å². The van der Waals surface area contributed by atoms with E-state index in [0.717, 1.165) is 19.3 Å². The van der Waals surface area contributed by atoms with Crippen LogP contribution in [-0.4, -0.2) is 39.3 Å². The number of aliphatic carboxylic acids is 1. The Labute approximate surface area is 155 Å². The van der Waals surface area contributed by atoms with Crippen molar-refractivity contribution in [2.75, 3.05) is 0 Å². The third kappa shape index (κ3) is 8.46. The fourth-order valence-electron chi connectivity index (χ4n) is 2.97. The molecule has 1 rings (SSSR count). The van der Waals surface area contributed by atoms with Crippen LogP contribution in [0.2, 0.25) is 0 Å². The lowest BCUT2D eigenvalue weighted by Gasteiger charge is -2.13. The monoisotopic (exact) mass is 362 g/mol. The van der Waals surface area contributed by atoms with Crippen molar-refractivity contribution >= 4 is 11.8 Å². The molecule has 144 valence electrons. The van der Waals surface area contributed by atoms with Crippen LogP contribution in [0.5, 0.6) is 0 Å². The van der Waals surface area contributed by atoms with Gasteiger partial charge >= 0.3 is 5.97 Å². The number of unbranched alkanes of at least 4 members (excludes halogenated alkanes) is 2. The van der Waals surface area contributed by atoms with Crippen LogP contribution in [0.4, 0.5) is 0 Å². The summed E-state index contributed by atoms with van der Waals surface area (Å²) in [5, 5.41) is 28.5. The van der Waals surface area contributed by atoms with E-state index in [1.807, 2.05) is 31.2 Å². The molecule has 0 aliphatic heterocycles. The third-order valence-corrected chi connectivity index (χ3v) is 4.42. The largest absolute Gasteiger partial charge is 0.481 e. The van der Waals surface area contributed by atoms with Crippen LogP contribution in [0.25, 0.3) is 0 Å². The number of ketones is 1. The van der Waals surface area contributed by atoms with Crippen LogP contribution in [0.3, 0.4) is 0 Å². The average molecular weight is 362 g/mol. The molecule has 0 radical (unpaired) electrons. The molecule has 0 amide bonds. The summed E-state index contributed by atoms with van der Waals surface area (Å²) >= 11 is 0. The molecule has 1 aliphatic carbocycles. The molecule has 1 aliphatic rings. The zero-order valence-electron chi connectivity index (χ0n) is 15.4. The van der Waals surface area contributed by atoms with Gasteiger partial charge in [-0.05, 0) is 32.1 Å². The molecule has 5 nitrogen and oxygen atoms in total. The first-order valence-corrected chi connectivity index (χ1v) is 9.37. The molecule has 0 aromatic heterocycles. The molecule has 0 aromatic rings. The smallest absolute Gasteiger partial charge is 0.303 e. The van der Waals surface area contributed by atoms with Gasteiger partial charge in [0.15, 0.2) is 0 Å². The van der Waals surface area contributed by atoms with E-state index in [1.54, 1.807) is 0 Å². The van der Waals surface area contributed by atoms with E-state index >= 15 is 0 Å². The zero-order chi connectivity index (χ0) is 19.4. The van der Waals surface area contributed by atoms with Gasteiger partial charge in [-0.15, -0.1) is 0 Å². The van der Waals surface area contributed by atoms with E-state index in [0.29, 0.717) is 19.3 Å². The molecule has 1 fully saturated rings. The molecule has 0 spiro atoms. The lowest BCUT2D eigenvalue weighted by atomic mass is 9.91. The molecule has 0 bridgehead atoms. The van der Waals surface area contributed by atoms with Crippen LogP contribution < -0.4 is 0 Å². The first kappa shape index (κ1) is 22.1. The molecule has 0 aromatic carbocycles. The fraction of sp³-hybridized carbons (Fsp3) is 0.619. The molecule has 26 heavy (non-hydrogen) atoms. The number of rotatable bonds is 10. The SMILES string of the molecule is CC/C=C\C[C@H](O)C#C[C@H]1[C@H](O)CC(=O)[C@@H]1C/C=C\CCCCC(=O)O. The highest BCUT2D eigenvalue weighted by molar-refractivity contribution is 5.85. The maximum atomic E-state index is 12.1. The molecular formula is C21H30O5. The molecule has 4 atom stereocenters. The van der Waals surface area contributed by atoms with E-state index in [1.165, 1.54) is 0 Å². The first-order valence-electron chi connectivity index (χ1n) is 9.37. The van der Waals surface area contributed by atoms with E-state index in [2.05, 4.69) is 11.8 Å². The van der Waals surface area contributed by atoms with Crippen molar-refractivity contribution in [3.05, 3.63) is 24.3 Å². The normalized spacial score (nSPS) is 24.1. The number of hydrogen-bond donors (Lipinski definition) is 3. The van der Waals surface area contributed by atoms with E-state index in [4.69, 9.17) is 5.11 Å². The van der Waals surface area contributed by atoms with Gasteiger partial charge in [-0.2, -0.15) is 0 Å². The van der Waals surface area contributed by atoms with Crippen LogP contribution in [0, 0.1) is 23.7 Å². The maximum Gasteiger partial charge on any atom is 0.303 e. The van der Waals surface area contributed by atoms with Gasteiger partial charge in [0.05, 0.1) is 12.0 Å². The quantitative estimate of drug-likeness (QED) is 0.316. The maximum absolute atomic E-state index is 12.1. The Morgan fingerprint density at radius 3 is 2.73 bits per heavy atom. The van der Waals surface area contributed by atoms with Crippen LogP contribution in [0.1, 0.15) is 58.3 Å². The average Bonchev–Trinajstić information content (AvgIpc) is 2.85. The lowest BCUT2D eigenvalue weighted by Crippen LogP contribution is -2.19. The number of hydrogen-bond acceptors (Lipinski definition) is 4. The summed E-state index contributed by atoms with van der Waals surface area (Å²) in [7, 11) is 0. The molecule has 0 saturated heterocycles. The highest BCUT2D eigenvalue weighted by Gasteiger charge is 2.39. The molecular weight excluding hydrogens is 332 g/mol. The van der Waals surface area contributed by atoms with Gasteiger partial charge in [-0.3, -0.25) is 9.59 Å². The van der Waals surface area contributed by atoms with Crippen molar-refractivity contribution in [2.45, 2.75) is 70.5 Å². The Morgan fingerprint density at radius 2 is 2.04 bits per heavy atom. The van der Waals surface area contributed by atoms with Crippen LogP contribution in [-0.2, 0) is 9.59 Å². The highest BCUT2D eigenvalue weighted by atomic mass is 16.4. The predicted molar refractivity (Wildman–Crippen MR) is 100 cm³/mol. The second kappa shape index (κ2) is 12.5. The molecule has 1 saturated carbocycles. The highest BCUT2D eigenvalue weighted by Crippen LogP contribution is 2.31. The van der Waals surface area contributed by atoms with E-state index in [-0.39, 0.29) is 24.5 Å². The molecule has 5 heteroatoms. The third-order valence-electron chi connectivity index (χ3n) is 4.42. The number of carbonyl (C=O) groups is 2. The minimum atomic E-state index is -0.786. The standard InChI is InChI=1S/C21H30O5/c1-2-3-7-10-16(22)13-14-18-17(19(23)15-20(18)24)11-8-5-4-6-9-12-21(25)26/h3,5,7-8,16-18,20,22,24H,2,4,6,9-12,15H2,1H3,(H,25,26)/b7-3-,8-5-/t16-,17+,18+,20+/m0/s1. The number of carboxylic acid groups (broad SMARTS) is 1. The van der Waals surface area contributed by atoms with E-state index < -0.39 is 24.1 Å². The summed E-state index contributed by atoms with van der Waals surface area (Å²) in [6.07, 6.45) is 10.5. The number of allylic oxidation sites excluding steroid dienone is 3. The summed E-state index contributed by atoms with van der Waals surface area (Å²) in [5.74, 6) is 4.10. The van der Waals surface area contributed by atoms with Gasteiger partial charge < -0.3 is 15.3 Å². The second-order valence-corrected chi connectivity index (χ2v) is 6.64. The summed E-state index contributed by atoms with van der Waals surface area (Å²) in [6.45, 7) is 2.01. The van der Waals surface area contributed by atoms with Crippen LogP contribution in [0.15, 0.2) is 24.3 Å². The number of aliphatic hydroxyl groups excluding tert-OH is 2. The Kier molecular flexibility index (Phi) is 10.6. The summed E-state index contributed by atoms with van der Waals surface area (Å²) in [6, 6.07) is 0. The van der Waals surface area contributed by atoms with Gasteiger partial charge in [0.25, 0.3) is 0 Å². The Bertz CT molecular complexity index is 567. The summed E-state index contributed by atoms with van der Waals surface area (Å²) < 4.78 is 0. The topological polar surface area (TPSA) is 94.8 Å².